The number of hydrogen-bond donors (Lipinski definition) is 1. The maximum atomic E-state index is 12.8. The lowest BCUT2D eigenvalue weighted by Crippen LogP contribution is -2.13. The minimum Gasteiger partial charge on any atom is -0.497 e. The van der Waals surface area contributed by atoms with Crippen molar-refractivity contribution in [2.75, 3.05) is 33.8 Å². The number of carbonyl (C=O) groups is 1. The zero-order valence-corrected chi connectivity index (χ0v) is 16.8. The fraction of sp³-hybridized carbons (Fsp3) is 0.174. The van der Waals surface area contributed by atoms with Crippen LogP contribution < -0.4 is 24.3 Å². The third-order valence-electron chi connectivity index (χ3n) is 4.51. The minimum atomic E-state index is -0.282. The first-order chi connectivity index (χ1) is 14.1. The summed E-state index contributed by atoms with van der Waals surface area (Å²) >= 11 is 0. The Kier molecular flexibility index (Phi) is 6.24. The van der Waals surface area contributed by atoms with Crippen LogP contribution in [-0.4, -0.2) is 34.3 Å². The standard InChI is InChI=1S/C23H23NO5/c1-26-17-8-5-15(6-9-17)20-13-16(7-12-21(20)28-3)24-23(25)19-11-10-18(27-2)14-22(19)29-4/h5-14H,1-4H3,(H,24,25). The average molecular weight is 393 g/mol. The van der Waals surface area contributed by atoms with Gasteiger partial charge in [-0.1, -0.05) is 12.1 Å². The molecule has 150 valence electrons. The van der Waals surface area contributed by atoms with Crippen molar-refractivity contribution in [1.29, 1.82) is 0 Å². The number of rotatable bonds is 7. The molecule has 1 N–H and O–H groups in total. The zero-order chi connectivity index (χ0) is 20.8. The van der Waals surface area contributed by atoms with Gasteiger partial charge in [0.25, 0.3) is 5.91 Å². The highest BCUT2D eigenvalue weighted by Crippen LogP contribution is 2.34. The maximum absolute atomic E-state index is 12.8. The number of amides is 1. The molecule has 0 radical (unpaired) electrons. The molecule has 6 nitrogen and oxygen atoms in total. The van der Waals surface area contributed by atoms with Crippen LogP contribution in [0.25, 0.3) is 11.1 Å². The van der Waals surface area contributed by atoms with E-state index in [2.05, 4.69) is 5.32 Å². The van der Waals surface area contributed by atoms with Crippen LogP contribution in [0, 0.1) is 0 Å². The van der Waals surface area contributed by atoms with Crippen LogP contribution >= 0.6 is 0 Å². The molecule has 0 spiro atoms. The quantitative estimate of drug-likeness (QED) is 0.633. The van der Waals surface area contributed by atoms with Crippen molar-refractivity contribution in [3.05, 3.63) is 66.2 Å². The van der Waals surface area contributed by atoms with Crippen LogP contribution in [0.1, 0.15) is 10.4 Å². The van der Waals surface area contributed by atoms with E-state index >= 15 is 0 Å². The predicted molar refractivity (Wildman–Crippen MR) is 112 cm³/mol. The van der Waals surface area contributed by atoms with Crippen molar-refractivity contribution >= 4 is 11.6 Å². The molecule has 29 heavy (non-hydrogen) atoms. The topological polar surface area (TPSA) is 66.0 Å². The van der Waals surface area contributed by atoms with Crippen molar-refractivity contribution in [3.63, 3.8) is 0 Å². The summed E-state index contributed by atoms with van der Waals surface area (Å²) in [6.07, 6.45) is 0. The van der Waals surface area contributed by atoms with Gasteiger partial charge in [0, 0.05) is 17.3 Å². The highest BCUT2D eigenvalue weighted by molar-refractivity contribution is 6.06. The smallest absolute Gasteiger partial charge is 0.259 e. The summed E-state index contributed by atoms with van der Waals surface area (Å²) in [6.45, 7) is 0. The fourth-order valence-corrected chi connectivity index (χ4v) is 2.97. The Labute approximate surface area is 170 Å². The molecule has 0 saturated carbocycles. The van der Waals surface area contributed by atoms with Crippen molar-refractivity contribution in [2.45, 2.75) is 0 Å². The van der Waals surface area contributed by atoms with Crippen LogP contribution in [0.15, 0.2) is 60.7 Å². The van der Waals surface area contributed by atoms with Crippen molar-refractivity contribution in [3.8, 4) is 34.1 Å². The molecule has 0 aromatic heterocycles. The summed E-state index contributed by atoms with van der Waals surface area (Å²) in [5.41, 5.74) is 2.85. The average Bonchev–Trinajstić information content (AvgIpc) is 2.78. The predicted octanol–water partition coefficient (Wildman–Crippen LogP) is 4.64. The third kappa shape index (κ3) is 4.43. The van der Waals surface area contributed by atoms with Gasteiger partial charge in [-0.05, 0) is 48.0 Å². The number of nitrogens with one attached hydrogen (secondary N) is 1. The lowest BCUT2D eigenvalue weighted by molar-refractivity contribution is 0.102. The van der Waals surface area contributed by atoms with E-state index < -0.39 is 0 Å². The van der Waals surface area contributed by atoms with Crippen LogP contribution in [0.4, 0.5) is 5.69 Å². The van der Waals surface area contributed by atoms with Crippen LogP contribution in [0.2, 0.25) is 0 Å². The Hall–Kier alpha value is -3.67. The molecule has 0 fully saturated rings. The molecule has 0 atom stereocenters. The van der Waals surface area contributed by atoms with E-state index in [1.807, 2.05) is 36.4 Å². The summed E-state index contributed by atoms with van der Waals surface area (Å²) in [5.74, 6) is 2.24. The first-order valence-electron chi connectivity index (χ1n) is 8.95. The third-order valence-corrected chi connectivity index (χ3v) is 4.51. The van der Waals surface area contributed by atoms with E-state index in [4.69, 9.17) is 18.9 Å². The van der Waals surface area contributed by atoms with E-state index in [1.165, 1.54) is 7.11 Å². The highest BCUT2D eigenvalue weighted by Gasteiger charge is 2.15. The molecule has 0 heterocycles. The molecule has 1 amide bonds. The monoisotopic (exact) mass is 393 g/mol. The summed E-state index contributed by atoms with van der Waals surface area (Å²) in [7, 11) is 6.31. The van der Waals surface area contributed by atoms with E-state index in [-0.39, 0.29) is 5.91 Å². The summed E-state index contributed by atoms with van der Waals surface area (Å²) in [5, 5.41) is 2.91. The number of carbonyl (C=O) groups excluding carboxylic acids is 1. The molecule has 0 saturated heterocycles. The SMILES string of the molecule is COc1ccc(-c2cc(NC(=O)c3ccc(OC)cc3OC)ccc2OC)cc1. The Bertz CT molecular complexity index is 999. The van der Waals surface area contributed by atoms with Crippen LogP contribution in [-0.2, 0) is 0 Å². The molecule has 0 bridgehead atoms. The molecule has 6 heteroatoms. The van der Waals surface area contributed by atoms with Gasteiger partial charge >= 0.3 is 0 Å². The lowest BCUT2D eigenvalue weighted by Gasteiger charge is -2.14. The van der Waals surface area contributed by atoms with E-state index in [0.29, 0.717) is 28.5 Å². The molecule has 0 unspecified atom stereocenters. The molecule has 0 aliphatic heterocycles. The molecule has 0 aliphatic rings. The normalized spacial score (nSPS) is 10.2. The van der Waals surface area contributed by atoms with Crippen molar-refractivity contribution < 1.29 is 23.7 Å². The minimum absolute atomic E-state index is 0.282. The van der Waals surface area contributed by atoms with Gasteiger partial charge in [0.15, 0.2) is 0 Å². The van der Waals surface area contributed by atoms with Gasteiger partial charge in [-0.25, -0.2) is 0 Å². The number of benzene rings is 3. The first kappa shape index (κ1) is 20.1. The molecule has 3 aromatic carbocycles. The number of hydrogen-bond acceptors (Lipinski definition) is 5. The summed E-state index contributed by atoms with van der Waals surface area (Å²) in [6, 6.07) is 18.2. The van der Waals surface area contributed by atoms with Gasteiger partial charge < -0.3 is 24.3 Å². The molecule has 3 aromatic rings. The Morgan fingerprint density at radius 3 is 1.97 bits per heavy atom. The van der Waals surface area contributed by atoms with Crippen LogP contribution in [0.3, 0.4) is 0 Å². The number of methoxy groups -OCH3 is 4. The number of ether oxygens (including phenoxy) is 4. The molecular weight excluding hydrogens is 370 g/mol. The molecular formula is C23H23NO5. The van der Waals surface area contributed by atoms with Crippen molar-refractivity contribution in [1.82, 2.24) is 0 Å². The van der Waals surface area contributed by atoms with Gasteiger partial charge in [0.05, 0.1) is 34.0 Å². The van der Waals surface area contributed by atoms with Gasteiger partial charge in [-0.15, -0.1) is 0 Å². The summed E-state index contributed by atoms with van der Waals surface area (Å²) < 4.78 is 21.2. The second-order valence-electron chi connectivity index (χ2n) is 6.16. The first-order valence-corrected chi connectivity index (χ1v) is 8.95. The lowest BCUT2D eigenvalue weighted by atomic mass is 10.0. The van der Waals surface area contributed by atoms with E-state index in [0.717, 1.165) is 16.9 Å². The second kappa shape index (κ2) is 9.01. The van der Waals surface area contributed by atoms with Crippen LogP contribution in [0.5, 0.6) is 23.0 Å². The Morgan fingerprint density at radius 2 is 1.34 bits per heavy atom. The van der Waals surface area contributed by atoms with E-state index in [1.54, 1.807) is 45.6 Å². The Balaban J connectivity index is 1.90. The zero-order valence-electron chi connectivity index (χ0n) is 16.8. The Morgan fingerprint density at radius 1 is 0.690 bits per heavy atom. The molecule has 0 aliphatic carbocycles. The maximum Gasteiger partial charge on any atom is 0.259 e. The largest absolute Gasteiger partial charge is 0.497 e. The van der Waals surface area contributed by atoms with Gasteiger partial charge in [-0.3, -0.25) is 4.79 Å². The number of anilines is 1. The van der Waals surface area contributed by atoms with Crippen molar-refractivity contribution in [2.24, 2.45) is 0 Å². The highest BCUT2D eigenvalue weighted by atomic mass is 16.5. The van der Waals surface area contributed by atoms with Gasteiger partial charge in [0.1, 0.15) is 23.0 Å². The second-order valence-corrected chi connectivity index (χ2v) is 6.16. The van der Waals surface area contributed by atoms with Gasteiger partial charge in [0.2, 0.25) is 0 Å². The van der Waals surface area contributed by atoms with Gasteiger partial charge in [-0.2, -0.15) is 0 Å². The fourth-order valence-electron chi connectivity index (χ4n) is 2.97. The summed E-state index contributed by atoms with van der Waals surface area (Å²) in [4.78, 5) is 12.8. The molecule has 3 rings (SSSR count). The van der Waals surface area contributed by atoms with E-state index in [9.17, 15) is 4.79 Å².